The van der Waals surface area contributed by atoms with Crippen molar-refractivity contribution in [3.8, 4) is 0 Å². The molecular weight excluding hydrogens is 232 g/mol. The van der Waals surface area contributed by atoms with Gasteiger partial charge in [-0.15, -0.1) is 0 Å². The minimum Gasteiger partial charge on any atom is -0.480 e. The molecule has 18 heavy (non-hydrogen) atoms. The van der Waals surface area contributed by atoms with Gasteiger partial charge in [-0.3, -0.25) is 0 Å². The fourth-order valence-corrected chi connectivity index (χ4v) is 1.85. The van der Waals surface area contributed by atoms with Gasteiger partial charge in [-0.2, -0.15) is 0 Å². The molecule has 2 heterocycles. The number of nitrogens with zero attached hydrogens (tertiary/aromatic N) is 2. The molecule has 6 nitrogen and oxygen atoms in total. The number of nitrogens with one attached hydrogen (secondary N) is 2. The number of hydrogen-bond donors (Lipinski definition) is 3. The first kappa shape index (κ1) is 12.3. The molecule has 96 valence electrons. The Balaban J connectivity index is 2.25. The summed E-state index contributed by atoms with van der Waals surface area (Å²) in [6, 6.07) is 1.18. The third kappa shape index (κ3) is 2.58. The van der Waals surface area contributed by atoms with Crippen LogP contribution in [0.25, 0.3) is 11.0 Å². The molecule has 1 unspecified atom stereocenters. The summed E-state index contributed by atoms with van der Waals surface area (Å²) in [7, 11) is 0. The molecule has 3 N–H and O–H groups in total. The van der Waals surface area contributed by atoms with Crippen LogP contribution in [0.2, 0.25) is 0 Å². The minimum absolute atomic E-state index is 0.294. The van der Waals surface area contributed by atoms with Crippen LogP contribution >= 0.6 is 0 Å². The van der Waals surface area contributed by atoms with Gasteiger partial charge in [0, 0.05) is 6.20 Å². The maximum Gasteiger partial charge on any atom is 0.326 e. The van der Waals surface area contributed by atoms with Crippen LogP contribution in [0.3, 0.4) is 0 Å². The van der Waals surface area contributed by atoms with Crippen LogP contribution in [-0.2, 0) is 4.79 Å². The van der Waals surface area contributed by atoms with E-state index in [1.54, 1.807) is 6.20 Å². The van der Waals surface area contributed by atoms with Crippen molar-refractivity contribution in [3.05, 3.63) is 18.6 Å². The number of H-pyrrole nitrogens is 1. The predicted octanol–water partition coefficient (Wildman–Crippen LogP) is 1.87. The lowest BCUT2D eigenvalue weighted by atomic mass is 10.0. The Hall–Kier alpha value is -2.11. The number of rotatable bonds is 5. The van der Waals surface area contributed by atoms with Crippen LogP contribution in [0.5, 0.6) is 0 Å². The van der Waals surface area contributed by atoms with Gasteiger partial charge >= 0.3 is 5.97 Å². The van der Waals surface area contributed by atoms with E-state index in [0.717, 1.165) is 5.39 Å². The van der Waals surface area contributed by atoms with Crippen LogP contribution in [-0.4, -0.2) is 32.1 Å². The van der Waals surface area contributed by atoms with Gasteiger partial charge in [-0.25, -0.2) is 14.8 Å². The molecule has 0 spiro atoms. The number of aliphatic carboxylic acids is 1. The highest BCUT2D eigenvalue weighted by Gasteiger charge is 2.20. The molecule has 2 aromatic rings. The third-order valence-corrected chi connectivity index (χ3v) is 2.67. The maximum atomic E-state index is 11.2. The summed E-state index contributed by atoms with van der Waals surface area (Å²) in [5.74, 6) is -0.0255. The molecule has 0 aliphatic rings. The normalized spacial score (nSPS) is 12.8. The molecule has 0 aliphatic carbocycles. The minimum atomic E-state index is -0.869. The number of aromatic nitrogens is 3. The van der Waals surface area contributed by atoms with Crippen LogP contribution in [0.1, 0.15) is 20.3 Å². The van der Waals surface area contributed by atoms with E-state index in [1.807, 2.05) is 19.9 Å². The van der Waals surface area contributed by atoms with Crippen molar-refractivity contribution in [2.24, 2.45) is 5.92 Å². The SMILES string of the molecule is CC(C)CC(Nc1ncnc2[nH]ccc12)C(=O)O. The molecule has 1 atom stereocenters. The molecule has 0 aliphatic heterocycles. The number of carboxylic acids is 1. The van der Waals surface area contributed by atoms with Crippen LogP contribution < -0.4 is 5.32 Å². The summed E-state index contributed by atoms with van der Waals surface area (Å²) < 4.78 is 0. The van der Waals surface area contributed by atoms with Crippen molar-refractivity contribution < 1.29 is 9.90 Å². The summed E-state index contributed by atoms with van der Waals surface area (Å²) in [5.41, 5.74) is 0.696. The highest BCUT2D eigenvalue weighted by molar-refractivity contribution is 5.89. The van der Waals surface area contributed by atoms with Crippen molar-refractivity contribution in [2.45, 2.75) is 26.3 Å². The standard InChI is InChI=1S/C12H16N4O2/c1-7(2)5-9(12(17)18)16-11-8-3-4-13-10(8)14-6-15-11/h3-4,6-7,9H,5H2,1-2H3,(H,17,18)(H2,13,14,15,16). The highest BCUT2D eigenvalue weighted by Crippen LogP contribution is 2.19. The Morgan fingerprint density at radius 3 is 2.94 bits per heavy atom. The Morgan fingerprint density at radius 1 is 1.50 bits per heavy atom. The Labute approximate surface area is 104 Å². The molecule has 0 aromatic carbocycles. The second kappa shape index (κ2) is 5.03. The molecule has 0 saturated carbocycles. The summed E-state index contributed by atoms with van der Waals surface area (Å²) in [6.07, 6.45) is 3.71. The molecule has 0 radical (unpaired) electrons. The van der Waals surface area contributed by atoms with E-state index in [2.05, 4.69) is 20.3 Å². The zero-order chi connectivity index (χ0) is 13.1. The van der Waals surface area contributed by atoms with Gasteiger partial charge in [0.15, 0.2) is 0 Å². The second-order valence-electron chi connectivity index (χ2n) is 4.63. The number of fused-ring (bicyclic) bond motifs is 1. The lowest BCUT2D eigenvalue weighted by molar-refractivity contribution is -0.138. The Bertz CT molecular complexity index is 550. The quantitative estimate of drug-likeness (QED) is 0.751. The van der Waals surface area contributed by atoms with Gasteiger partial charge in [0.05, 0.1) is 5.39 Å². The summed E-state index contributed by atoms with van der Waals surface area (Å²) >= 11 is 0. The van der Waals surface area contributed by atoms with Crippen LogP contribution in [0.15, 0.2) is 18.6 Å². The number of anilines is 1. The van der Waals surface area contributed by atoms with Gasteiger partial charge in [-0.05, 0) is 18.4 Å². The van der Waals surface area contributed by atoms with Gasteiger partial charge in [0.1, 0.15) is 23.8 Å². The van der Waals surface area contributed by atoms with Crippen LogP contribution in [0, 0.1) is 5.92 Å². The Kier molecular flexibility index (Phi) is 3.45. The van der Waals surface area contributed by atoms with Crippen molar-refractivity contribution in [1.82, 2.24) is 15.0 Å². The monoisotopic (exact) mass is 248 g/mol. The molecule has 0 bridgehead atoms. The molecule has 0 fully saturated rings. The van der Waals surface area contributed by atoms with E-state index in [9.17, 15) is 9.90 Å². The fourth-order valence-electron chi connectivity index (χ4n) is 1.85. The van der Waals surface area contributed by atoms with Crippen LogP contribution in [0.4, 0.5) is 5.82 Å². The molecule has 0 saturated heterocycles. The van der Waals surface area contributed by atoms with Crippen molar-refractivity contribution in [3.63, 3.8) is 0 Å². The number of carboxylic acid groups (broad SMARTS) is 1. The highest BCUT2D eigenvalue weighted by atomic mass is 16.4. The van der Waals surface area contributed by atoms with Gasteiger partial charge in [0.25, 0.3) is 0 Å². The zero-order valence-corrected chi connectivity index (χ0v) is 10.3. The number of aromatic amines is 1. The summed E-state index contributed by atoms with van der Waals surface area (Å²) in [4.78, 5) is 22.3. The number of hydrogen-bond acceptors (Lipinski definition) is 4. The van der Waals surface area contributed by atoms with E-state index in [4.69, 9.17) is 0 Å². The van der Waals surface area contributed by atoms with E-state index < -0.39 is 12.0 Å². The van der Waals surface area contributed by atoms with E-state index in [0.29, 0.717) is 23.8 Å². The van der Waals surface area contributed by atoms with E-state index in [1.165, 1.54) is 6.33 Å². The molecule has 6 heteroatoms. The van der Waals surface area contributed by atoms with Crippen molar-refractivity contribution >= 4 is 22.8 Å². The molecule has 2 rings (SSSR count). The third-order valence-electron chi connectivity index (χ3n) is 2.67. The molecule has 0 amide bonds. The van der Waals surface area contributed by atoms with Crippen molar-refractivity contribution in [2.75, 3.05) is 5.32 Å². The average molecular weight is 248 g/mol. The first-order chi connectivity index (χ1) is 8.58. The lowest BCUT2D eigenvalue weighted by Crippen LogP contribution is -2.31. The Morgan fingerprint density at radius 2 is 2.28 bits per heavy atom. The van der Waals surface area contributed by atoms with Crippen molar-refractivity contribution in [1.29, 1.82) is 0 Å². The van der Waals surface area contributed by atoms with Gasteiger partial charge in [-0.1, -0.05) is 13.8 Å². The summed E-state index contributed by atoms with van der Waals surface area (Å²) in [6.45, 7) is 3.98. The molecule has 2 aromatic heterocycles. The fraction of sp³-hybridized carbons (Fsp3) is 0.417. The smallest absolute Gasteiger partial charge is 0.326 e. The average Bonchev–Trinajstić information content (AvgIpc) is 2.76. The maximum absolute atomic E-state index is 11.2. The zero-order valence-electron chi connectivity index (χ0n) is 10.3. The second-order valence-corrected chi connectivity index (χ2v) is 4.63. The van der Waals surface area contributed by atoms with Gasteiger partial charge < -0.3 is 15.4 Å². The van der Waals surface area contributed by atoms with E-state index in [-0.39, 0.29) is 0 Å². The lowest BCUT2D eigenvalue weighted by Gasteiger charge is -2.17. The predicted molar refractivity (Wildman–Crippen MR) is 68.4 cm³/mol. The first-order valence-electron chi connectivity index (χ1n) is 5.85. The largest absolute Gasteiger partial charge is 0.480 e. The van der Waals surface area contributed by atoms with Gasteiger partial charge in [0.2, 0.25) is 0 Å². The van der Waals surface area contributed by atoms with E-state index >= 15 is 0 Å². The molecular formula is C12H16N4O2. The topological polar surface area (TPSA) is 90.9 Å². The first-order valence-corrected chi connectivity index (χ1v) is 5.85. The summed E-state index contributed by atoms with van der Waals surface area (Å²) in [5, 5.41) is 13.0. The number of carbonyl (C=O) groups is 1.